The summed E-state index contributed by atoms with van der Waals surface area (Å²) in [6, 6.07) is 1.48. The van der Waals surface area contributed by atoms with E-state index in [4.69, 9.17) is 0 Å². The van der Waals surface area contributed by atoms with E-state index in [2.05, 4.69) is 9.72 Å². The zero-order chi connectivity index (χ0) is 15.3. The summed E-state index contributed by atoms with van der Waals surface area (Å²) < 4.78 is 4.67. The summed E-state index contributed by atoms with van der Waals surface area (Å²) >= 11 is 0. The number of ether oxygens (including phenoxy) is 1. The van der Waals surface area contributed by atoms with Crippen molar-refractivity contribution in [2.75, 3.05) is 25.1 Å². The van der Waals surface area contributed by atoms with Crippen LogP contribution in [0.4, 0.5) is 11.5 Å². The molecule has 0 saturated carbocycles. The third kappa shape index (κ3) is 3.66. The van der Waals surface area contributed by atoms with Gasteiger partial charge < -0.3 is 9.64 Å². The summed E-state index contributed by atoms with van der Waals surface area (Å²) in [4.78, 5) is 28.0. The molecule has 1 heterocycles. The van der Waals surface area contributed by atoms with E-state index >= 15 is 0 Å². The molecule has 7 heteroatoms. The lowest BCUT2D eigenvalue weighted by Crippen LogP contribution is -2.33. The highest BCUT2D eigenvalue weighted by Gasteiger charge is 2.24. The van der Waals surface area contributed by atoms with Gasteiger partial charge in [0.25, 0.3) is 0 Å². The molecular weight excluding hydrogens is 262 g/mol. The number of rotatable bonds is 6. The fourth-order valence-corrected chi connectivity index (χ4v) is 1.90. The SMILES string of the molecule is CCN(CC(C)C(=O)OC)c1ncc(C)cc1[N+](=O)[O-]. The fraction of sp³-hybridized carbons (Fsp3) is 0.538. The van der Waals surface area contributed by atoms with Crippen LogP contribution in [0, 0.1) is 23.0 Å². The molecule has 0 N–H and O–H groups in total. The van der Waals surface area contributed by atoms with Crippen LogP contribution in [0.5, 0.6) is 0 Å². The van der Waals surface area contributed by atoms with Crippen molar-refractivity contribution < 1.29 is 14.5 Å². The summed E-state index contributed by atoms with van der Waals surface area (Å²) in [5.41, 5.74) is 0.668. The Morgan fingerprint density at radius 2 is 2.25 bits per heavy atom. The average molecular weight is 281 g/mol. The van der Waals surface area contributed by atoms with Crippen LogP contribution < -0.4 is 4.90 Å². The Kier molecular flexibility index (Phi) is 5.42. The molecule has 0 aromatic carbocycles. The number of pyridine rings is 1. The van der Waals surface area contributed by atoms with E-state index < -0.39 is 4.92 Å². The second kappa shape index (κ2) is 6.83. The first-order valence-electron chi connectivity index (χ1n) is 6.34. The van der Waals surface area contributed by atoms with E-state index in [9.17, 15) is 14.9 Å². The Hall–Kier alpha value is -2.18. The maximum atomic E-state index is 11.5. The molecule has 0 saturated heterocycles. The van der Waals surface area contributed by atoms with Gasteiger partial charge in [-0.1, -0.05) is 6.92 Å². The number of aromatic nitrogens is 1. The van der Waals surface area contributed by atoms with E-state index in [0.29, 0.717) is 13.1 Å². The Bertz CT molecular complexity index is 504. The number of esters is 1. The molecule has 110 valence electrons. The minimum absolute atomic E-state index is 0.0519. The summed E-state index contributed by atoms with van der Waals surface area (Å²) in [5, 5.41) is 11.1. The topological polar surface area (TPSA) is 85.6 Å². The van der Waals surface area contributed by atoms with Crippen molar-refractivity contribution >= 4 is 17.5 Å². The average Bonchev–Trinajstić information content (AvgIpc) is 2.43. The molecule has 1 rings (SSSR count). The Morgan fingerprint density at radius 3 is 2.75 bits per heavy atom. The van der Waals surface area contributed by atoms with Gasteiger partial charge in [0.15, 0.2) is 0 Å². The molecule has 1 unspecified atom stereocenters. The highest BCUT2D eigenvalue weighted by atomic mass is 16.6. The van der Waals surface area contributed by atoms with Gasteiger partial charge in [-0.05, 0) is 19.4 Å². The van der Waals surface area contributed by atoms with Gasteiger partial charge in [-0.25, -0.2) is 4.98 Å². The molecule has 0 aliphatic heterocycles. The molecular formula is C13H19N3O4. The summed E-state index contributed by atoms with van der Waals surface area (Å²) in [5.74, 6) is -0.459. The van der Waals surface area contributed by atoms with Gasteiger partial charge in [0.05, 0.1) is 18.0 Å². The van der Waals surface area contributed by atoms with Gasteiger partial charge in [0, 0.05) is 25.4 Å². The number of nitrogens with zero attached hydrogens (tertiary/aromatic N) is 3. The maximum absolute atomic E-state index is 11.5. The Labute approximate surface area is 117 Å². The van der Waals surface area contributed by atoms with Crippen molar-refractivity contribution in [1.82, 2.24) is 4.98 Å². The highest BCUT2D eigenvalue weighted by Crippen LogP contribution is 2.26. The van der Waals surface area contributed by atoms with E-state index in [1.54, 1.807) is 24.9 Å². The minimum atomic E-state index is -0.458. The molecule has 0 fully saturated rings. The second-order valence-electron chi connectivity index (χ2n) is 4.58. The Morgan fingerprint density at radius 1 is 1.60 bits per heavy atom. The van der Waals surface area contributed by atoms with Crippen LogP contribution in [0.15, 0.2) is 12.3 Å². The molecule has 1 aromatic rings. The number of methoxy groups -OCH3 is 1. The van der Waals surface area contributed by atoms with Crippen molar-refractivity contribution in [3.8, 4) is 0 Å². The molecule has 7 nitrogen and oxygen atoms in total. The number of hydrogen-bond acceptors (Lipinski definition) is 6. The third-order valence-corrected chi connectivity index (χ3v) is 2.96. The third-order valence-electron chi connectivity index (χ3n) is 2.96. The summed E-state index contributed by atoms with van der Waals surface area (Å²) in [6.07, 6.45) is 1.58. The van der Waals surface area contributed by atoms with Crippen LogP contribution >= 0.6 is 0 Å². The van der Waals surface area contributed by atoms with Crippen LogP contribution in [0.2, 0.25) is 0 Å². The molecule has 1 aromatic heterocycles. The lowest BCUT2D eigenvalue weighted by Gasteiger charge is -2.24. The number of anilines is 1. The molecule has 0 aliphatic carbocycles. The van der Waals surface area contributed by atoms with E-state index in [0.717, 1.165) is 5.56 Å². The molecule has 0 amide bonds. The first-order valence-corrected chi connectivity index (χ1v) is 6.34. The summed E-state index contributed by atoms with van der Waals surface area (Å²) in [7, 11) is 1.32. The van der Waals surface area contributed by atoms with Crippen LogP contribution in [0.3, 0.4) is 0 Å². The van der Waals surface area contributed by atoms with Gasteiger partial charge in [0.1, 0.15) is 0 Å². The number of aryl methyl sites for hydroxylation is 1. The second-order valence-corrected chi connectivity index (χ2v) is 4.58. The van der Waals surface area contributed by atoms with Crippen molar-refractivity contribution in [1.29, 1.82) is 0 Å². The lowest BCUT2D eigenvalue weighted by atomic mass is 10.1. The predicted molar refractivity (Wildman–Crippen MR) is 74.7 cm³/mol. The number of nitro groups is 1. The van der Waals surface area contributed by atoms with E-state index in [-0.39, 0.29) is 23.4 Å². The first-order chi connectivity index (χ1) is 9.40. The number of carbonyl (C=O) groups excluding carboxylic acids is 1. The lowest BCUT2D eigenvalue weighted by molar-refractivity contribution is -0.384. The quantitative estimate of drug-likeness (QED) is 0.450. The number of carbonyl (C=O) groups is 1. The van der Waals surface area contributed by atoms with Crippen molar-refractivity contribution in [3.63, 3.8) is 0 Å². The predicted octanol–water partition coefficient (Wildman–Crippen LogP) is 1.93. The van der Waals surface area contributed by atoms with Gasteiger partial charge in [-0.2, -0.15) is 0 Å². The standard InChI is InChI=1S/C13H19N3O4/c1-5-15(8-10(3)13(17)20-4)12-11(16(18)19)6-9(2)7-14-12/h6-7,10H,5,8H2,1-4H3. The zero-order valence-corrected chi connectivity index (χ0v) is 12.1. The normalized spacial score (nSPS) is 11.8. The van der Waals surface area contributed by atoms with Crippen LogP contribution in [-0.2, 0) is 9.53 Å². The van der Waals surface area contributed by atoms with Gasteiger partial charge in [-0.3, -0.25) is 14.9 Å². The van der Waals surface area contributed by atoms with Crippen LogP contribution in [0.1, 0.15) is 19.4 Å². The van der Waals surface area contributed by atoms with Crippen LogP contribution in [0.25, 0.3) is 0 Å². The molecule has 0 radical (unpaired) electrons. The molecule has 0 aliphatic rings. The Balaban J connectivity index is 3.06. The monoisotopic (exact) mass is 281 g/mol. The summed E-state index contributed by atoms with van der Waals surface area (Å²) in [6.45, 7) is 6.15. The molecule has 1 atom stereocenters. The van der Waals surface area contributed by atoms with E-state index in [1.165, 1.54) is 13.2 Å². The fourth-order valence-electron chi connectivity index (χ4n) is 1.90. The molecule has 0 spiro atoms. The molecule has 20 heavy (non-hydrogen) atoms. The van der Waals surface area contributed by atoms with Gasteiger partial charge in [0.2, 0.25) is 5.82 Å². The zero-order valence-electron chi connectivity index (χ0n) is 12.1. The van der Waals surface area contributed by atoms with Gasteiger partial charge >= 0.3 is 11.7 Å². The van der Waals surface area contributed by atoms with E-state index in [1.807, 2.05) is 6.92 Å². The number of hydrogen-bond donors (Lipinski definition) is 0. The maximum Gasteiger partial charge on any atom is 0.311 e. The van der Waals surface area contributed by atoms with Gasteiger partial charge in [-0.15, -0.1) is 0 Å². The van der Waals surface area contributed by atoms with Crippen molar-refractivity contribution in [3.05, 3.63) is 27.9 Å². The molecule has 0 bridgehead atoms. The largest absolute Gasteiger partial charge is 0.469 e. The first kappa shape index (κ1) is 15.9. The van der Waals surface area contributed by atoms with Crippen molar-refractivity contribution in [2.24, 2.45) is 5.92 Å². The minimum Gasteiger partial charge on any atom is -0.469 e. The van der Waals surface area contributed by atoms with Crippen molar-refractivity contribution in [2.45, 2.75) is 20.8 Å². The highest BCUT2D eigenvalue weighted by molar-refractivity contribution is 5.73. The smallest absolute Gasteiger partial charge is 0.311 e. The van der Waals surface area contributed by atoms with Crippen LogP contribution in [-0.4, -0.2) is 36.1 Å².